The maximum atomic E-state index is 11.7. The number of amides is 1. The van der Waals surface area contributed by atoms with Crippen molar-refractivity contribution in [1.82, 2.24) is 19.9 Å². The zero-order valence-corrected chi connectivity index (χ0v) is 13.5. The topological polar surface area (TPSA) is 109 Å². The van der Waals surface area contributed by atoms with Crippen LogP contribution in [0, 0.1) is 6.92 Å². The van der Waals surface area contributed by atoms with Gasteiger partial charge in [0.15, 0.2) is 6.10 Å². The van der Waals surface area contributed by atoms with E-state index in [9.17, 15) is 19.8 Å². The highest BCUT2D eigenvalue weighted by atomic mass is 32.2. The Morgan fingerprint density at radius 1 is 1.55 bits per heavy atom. The Kier molecular flexibility index (Phi) is 3.91. The van der Waals surface area contributed by atoms with Crippen molar-refractivity contribution in [2.75, 3.05) is 11.5 Å². The molecule has 2 N–H and O–H groups in total. The molecule has 0 aliphatic carbocycles. The predicted molar refractivity (Wildman–Crippen MR) is 80.2 cm³/mol. The molecule has 3 rings (SSSR count). The number of aliphatic hydroxyl groups excluding tert-OH is 1. The number of carbonyl (C=O) groups is 2. The Bertz CT molecular complexity index is 667. The Morgan fingerprint density at radius 2 is 2.27 bits per heavy atom. The van der Waals surface area contributed by atoms with Crippen LogP contribution in [0.2, 0.25) is 0 Å². The Morgan fingerprint density at radius 3 is 2.86 bits per heavy atom. The first-order chi connectivity index (χ1) is 10.4. The molecule has 2 aliphatic heterocycles. The number of carbonyl (C=O) groups excluding carboxylic acids is 1. The molecule has 22 heavy (non-hydrogen) atoms. The van der Waals surface area contributed by atoms with Gasteiger partial charge < -0.3 is 10.2 Å². The molecule has 1 saturated heterocycles. The lowest BCUT2D eigenvalue weighted by Crippen LogP contribution is -2.64. The fourth-order valence-corrected chi connectivity index (χ4v) is 4.87. The molecule has 1 aromatic heterocycles. The first kappa shape index (κ1) is 15.4. The highest BCUT2D eigenvalue weighted by Gasteiger charge is 2.52. The largest absolute Gasteiger partial charge is 0.477 e. The highest BCUT2D eigenvalue weighted by molar-refractivity contribution is 8.01. The summed E-state index contributed by atoms with van der Waals surface area (Å²) in [5.74, 6) is -0.773. The summed E-state index contributed by atoms with van der Waals surface area (Å²) in [6, 6.07) is 0. The number of β-lactam (4-membered cyclic amide) rings is 1. The van der Waals surface area contributed by atoms with Gasteiger partial charge in [0, 0.05) is 18.6 Å². The Balaban J connectivity index is 1.84. The van der Waals surface area contributed by atoms with E-state index >= 15 is 0 Å². The van der Waals surface area contributed by atoms with Crippen LogP contribution >= 0.6 is 23.5 Å². The van der Waals surface area contributed by atoms with Crippen molar-refractivity contribution in [1.29, 1.82) is 0 Å². The van der Waals surface area contributed by atoms with Crippen molar-refractivity contribution in [3.05, 3.63) is 17.0 Å². The van der Waals surface area contributed by atoms with Gasteiger partial charge in [-0.15, -0.1) is 28.6 Å². The van der Waals surface area contributed by atoms with Crippen molar-refractivity contribution in [3.8, 4) is 0 Å². The van der Waals surface area contributed by atoms with E-state index in [1.54, 1.807) is 11.7 Å². The second kappa shape index (κ2) is 5.60. The first-order valence-corrected chi connectivity index (χ1v) is 8.52. The molecule has 0 spiro atoms. The summed E-state index contributed by atoms with van der Waals surface area (Å²) in [7, 11) is 1.77. The van der Waals surface area contributed by atoms with Crippen molar-refractivity contribution in [3.63, 3.8) is 0 Å². The number of hydrogen-bond donors (Lipinski definition) is 2. The van der Waals surface area contributed by atoms with Gasteiger partial charge in [-0.2, -0.15) is 0 Å². The number of hydrogen-bond acceptors (Lipinski definition) is 7. The number of aliphatic hydroxyl groups is 1. The number of aliphatic carboxylic acids is 1. The maximum Gasteiger partial charge on any atom is 0.352 e. The SMILES string of the molecule is Cc1nnn(C)c1SCC1=C(C(=O)O)N2C(=O)[C@@H](O)[C@@H]2SC1. The lowest BCUT2D eigenvalue weighted by atomic mass is 10.1. The average molecular weight is 342 g/mol. The standard InChI is InChI=1S/C12H14N4O4S2/c1-5-10(15(2)14-13-5)21-3-6-4-22-11-8(17)9(18)16(11)7(6)12(19)20/h8,11,17H,3-4H2,1-2H3,(H,19,20)/t8-,11+/m1/s1. The molecule has 1 fully saturated rings. The summed E-state index contributed by atoms with van der Waals surface area (Å²) in [6.07, 6.45) is -1.10. The number of aromatic nitrogens is 3. The van der Waals surface area contributed by atoms with Crippen LogP contribution in [0.4, 0.5) is 0 Å². The van der Waals surface area contributed by atoms with Gasteiger partial charge in [0.05, 0.1) is 5.69 Å². The lowest BCUT2D eigenvalue weighted by molar-refractivity contribution is -0.159. The van der Waals surface area contributed by atoms with Crippen LogP contribution in [-0.2, 0) is 16.6 Å². The van der Waals surface area contributed by atoms with Gasteiger partial charge in [-0.3, -0.25) is 9.69 Å². The number of carboxylic acids is 1. The molecular formula is C12H14N4O4S2. The number of aryl methyl sites for hydroxylation is 2. The van der Waals surface area contributed by atoms with Crippen LogP contribution in [0.5, 0.6) is 0 Å². The van der Waals surface area contributed by atoms with E-state index in [-0.39, 0.29) is 5.70 Å². The van der Waals surface area contributed by atoms with Gasteiger partial charge in [0.1, 0.15) is 16.1 Å². The second-order valence-electron chi connectivity index (χ2n) is 5.00. The van der Waals surface area contributed by atoms with Crippen LogP contribution in [-0.4, -0.2) is 65.0 Å². The second-order valence-corrected chi connectivity index (χ2v) is 7.07. The fourth-order valence-electron chi connectivity index (χ4n) is 2.45. The molecule has 0 unspecified atom stereocenters. The van der Waals surface area contributed by atoms with Crippen LogP contribution in [0.25, 0.3) is 0 Å². The summed E-state index contributed by atoms with van der Waals surface area (Å²) in [5.41, 5.74) is 1.45. The number of nitrogens with zero attached hydrogens (tertiary/aromatic N) is 4. The number of rotatable bonds is 4. The van der Waals surface area contributed by atoms with Crippen LogP contribution < -0.4 is 0 Å². The summed E-state index contributed by atoms with van der Waals surface area (Å²) in [5, 5.41) is 27.3. The van der Waals surface area contributed by atoms with Gasteiger partial charge in [0.25, 0.3) is 5.91 Å². The summed E-state index contributed by atoms with van der Waals surface area (Å²) < 4.78 is 1.64. The number of thioether (sulfide) groups is 2. The van der Waals surface area contributed by atoms with Crippen LogP contribution in [0.1, 0.15) is 5.69 Å². The lowest BCUT2D eigenvalue weighted by Gasteiger charge is -2.47. The minimum atomic E-state index is -1.14. The predicted octanol–water partition coefficient (Wildman–Crippen LogP) is -0.170. The average Bonchev–Trinajstić information content (AvgIpc) is 2.82. The highest BCUT2D eigenvalue weighted by Crippen LogP contribution is 2.41. The molecule has 2 aliphatic rings. The first-order valence-electron chi connectivity index (χ1n) is 6.49. The van der Waals surface area contributed by atoms with E-state index in [1.807, 2.05) is 6.92 Å². The van der Waals surface area contributed by atoms with Gasteiger partial charge in [-0.1, -0.05) is 5.21 Å². The van der Waals surface area contributed by atoms with Crippen molar-refractivity contribution in [2.45, 2.75) is 23.4 Å². The van der Waals surface area contributed by atoms with Crippen LogP contribution in [0.15, 0.2) is 16.3 Å². The van der Waals surface area contributed by atoms with Gasteiger partial charge in [-0.25, -0.2) is 9.48 Å². The van der Waals surface area contributed by atoms with E-state index in [2.05, 4.69) is 10.3 Å². The quantitative estimate of drug-likeness (QED) is 0.573. The molecule has 118 valence electrons. The zero-order chi connectivity index (χ0) is 16.0. The summed E-state index contributed by atoms with van der Waals surface area (Å²) in [4.78, 5) is 24.4. The molecule has 0 radical (unpaired) electrons. The monoisotopic (exact) mass is 342 g/mol. The Hall–Kier alpha value is -1.52. The normalized spacial score (nSPS) is 24.3. The van der Waals surface area contributed by atoms with Crippen molar-refractivity contribution < 1.29 is 19.8 Å². The number of carboxylic acid groups (broad SMARTS) is 1. The third kappa shape index (κ3) is 2.31. The van der Waals surface area contributed by atoms with Gasteiger partial charge >= 0.3 is 5.97 Å². The van der Waals surface area contributed by atoms with Crippen molar-refractivity contribution >= 4 is 35.4 Å². The summed E-state index contributed by atoms with van der Waals surface area (Å²) >= 11 is 2.82. The molecule has 2 atom stereocenters. The molecule has 3 heterocycles. The minimum absolute atomic E-state index is 0.000620. The maximum absolute atomic E-state index is 11.7. The molecular weight excluding hydrogens is 328 g/mol. The smallest absolute Gasteiger partial charge is 0.352 e. The van der Waals surface area contributed by atoms with E-state index in [4.69, 9.17) is 0 Å². The molecule has 0 aromatic carbocycles. The molecule has 0 bridgehead atoms. The van der Waals surface area contributed by atoms with Crippen molar-refractivity contribution in [2.24, 2.45) is 7.05 Å². The fraction of sp³-hybridized carbons (Fsp3) is 0.500. The molecule has 8 nitrogen and oxygen atoms in total. The molecule has 0 saturated carbocycles. The minimum Gasteiger partial charge on any atom is -0.477 e. The van der Waals surface area contributed by atoms with E-state index < -0.39 is 23.4 Å². The van der Waals surface area contributed by atoms with E-state index in [0.29, 0.717) is 17.1 Å². The van der Waals surface area contributed by atoms with Gasteiger partial charge in [0.2, 0.25) is 0 Å². The van der Waals surface area contributed by atoms with Gasteiger partial charge in [-0.05, 0) is 12.5 Å². The van der Waals surface area contributed by atoms with E-state index in [0.717, 1.165) is 10.7 Å². The third-order valence-electron chi connectivity index (χ3n) is 3.54. The molecule has 1 aromatic rings. The Labute approximate surface area is 134 Å². The van der Waals surface area contributed by atoms with E-state index in [1.165, 1.54) is 28.4 Å². The molecule has 1 amide bonds. The number of fused-ring (bicyclic) bond motifs is 1. The summed E-state index contributed by atoms with van der Waals surface area (Å²) in [6.45, 7) is 1.84. The zero-order valence-electron chi connectivity index (χ0n) is 11.9. The third-order valence-corrected chi connectivity index (χ3v) is 6.19. The molecule has 10 heteroatoms. The van der Waals surface area contributed by atoms with Crippen LogP contribution in [0.3, 0.4) is 0 Å².